The second kappa shape index (κ2) is 7.24. The summed E-state index contributed by atoms with van der Waals surface area (Å²) in [6, 6.07) is 18.3. The number of hydrogen-bond donors (Lipinski definition) is 1. The number of para-hydroxylation sites is 1. The largest absolute Gasteiger partial charge is 0.361 e. The first kappa shape index (κ1) is 20.8. The van der Waals surface area contributed by atoms with Crippen molar-refractivity contribution in [2.75, 3.05) is 4.90 Å². The molecule has 0 saturated heterocycles. The highest BCUT2D eigenvalue weighted by molar-refractivity contribution is 5.81. The molecule has 0 aromatic heterocycles. The van der Waals surface area contributed by atoms with Gasteiger partial charge < -0.3 is 10.2 Å². The molecule has 0 spiro atoms. The molecule has 4 atom stereocenters. The van der Waals surface area contributed by atoms with Crippen LogP contribution in [0.1, 0.15) is 44.7 Å². The highest BCUT2D eigenvalue weighted by Gasteiger charge is 2.47. The molecule has 0 saturated carbocycles. The summed E-state index contributed by atoms with van der Waals surface area (Å²) in [5.74, 6) is 0.489. The highest BCUT2D eigenvalue weighted by atomic mass is 15.2. The number of nitrogens with one attached hydrogen (secondary N) is 1. The lowest BCUT2D eigenvalue weighted by Crippen LogP contribution is -2.39. The minimum Gasteiger partial charge on any atom is -0.361 e. The maximum atomic E-state index is 3.79. The maximum absolute atomic E-state index is 3.79. The summed E-state index contributed by atoms with van der Waals surface area (Å²) in [6.45, 7) is 7.17. The number of rotatable bonds is 2. The smallest absolute Gasteiger partial charge is 0.0655 e. The minimum absolute atomic E-state index is 0.0494. The number of allylic oxidation sites excluding steroid dienone is 9. The van der Waals surface area contributed by atoms with E-state index in [9.17, 15) is 0 Å². The summed E-state index contributed by atoms with van der Waals surface area (Å²) in [5.41, 5.74) is 11.1. The molecular formula is C33H32N2. The van der Waals surface area contributed by atoms with Crippen LogP contribution in [0.2, 0.25) is 0 Å². The zero-order valence-corrected chi connectivity index (χ0v) is 20.8. The van der Waals surface area contributed by atoms with E-state index >= 15 is 0 Å². The third-order valence-electron chi connectivity index (χ3n) is 8.99. The van der Waals surface area contributed by atoms with Crippen LogP contribution in [0.25, 0.3) is 5.57 Å². The summed E-state index contributed by atoms with van der Waals surface area (Å²) >= 11 is 0. The Morgan fingerprint density at radius 1 is 1.00 bits per heavy atom. The molecule has 2 aromatic carbocycles. The molecule has 2 nitrogen and oxygen atoms in total. The number of benzene rings is 2. The van der Waals surface area contributed by atoms with Crippen LogP contribution < -0.4 is 10.2 Å². The van der Waals surface area contributed by atoms with Crippen LogP contribution in [0, 0.1) is 11.3 Å². The van der Waals surface area contributed by atoms with Crippen LogP contribution in [0.4, 0.5) is 11.4 Å². The average Bonchev–Trinajstić information content (AvgIpc) is 3.33. The van der Waals surface area contributed by atoms with Crippen molar-refractivity contribution in [1.29, 1.82) is 0 Å². The van der Waals surface area contributed by atoms with E-state index in [1.165, 1.54) is 45.0 Å². The number of hydrogen-bond acceptors (Lipinski definition) is 2. The van der Waals surface area contributed by atoms with Gasteiger partial charge in [0.05, 0.1) is 6.04 Å². The van der Waals surface area contributed by atoms with Gasteiger partial charge in [0, 0.05) is 39.5 Å². The zero-order valence-electron chi connectivity index (χ0n) is 20.8. The third kappa shape index (κ3) is 2.83. The Balaban J connectivity index is 1.35. The first-order chi connectivity index (χ1) is 17.0. The van der Waals surface area contributed by atoms with Crippen molar-refractivity contribution in [3.8, 4) is 0 Å². The molecule has 2 heteroatoms. The van der Waals surface area contributed by atoms with Crippen LogP contribution in [0.3, 0.4) is 0 Å². The molecular weight excluding hydrogens is 424 g/mol. The topological polar surface area (TPSA) is 15.3 Å². The molecule has 0 fully saturated rings. The van der Waals surface area contributed by atoms with E-state index in [0.717, 1.165) is 12.8 Å². The van der Waals surface area contributed by atoms with Gasteiger partial charge in [0.25, 0.3) is 0 Å². The normalized spacial score (nSPS) is 31.9. The molecule has 7 rings (SSSR count). The lowest BCUT2D eigenvalue weighted by atomic mass is 9.71. The molecule has 2 aliphatic heterocycles. The van der Waals surface area contributed by atoms with E-state index in [2.05, 4.69) is 128 Å². The molecule has 5 aliphatic rings. The summed E-state index contributed by atoms with van der Waals surface area (Å²) < 4.78 is 0. The second-order valence-electron chi connectivity index (χ2n) is 11.2. The molecule has 35 heavy (non-hydrogen) atoms. The van der Waals surface area contributed by atoms with Crippen LogP contribution in [-0.4, -0.2) is 6.04 Å². The van der Waals surface area contributed by atoms with E-state index in [0.29, 0.717) is 5.92 Å². The number of fused-ring (bicyclic) bond motifs is 5. The zero-order chi connectivity index (χ0) is 23.8. The Labute approximate surface area is 208 Å². The van der Waals surface area contributed by atoms with Gasteiger partial charge in [-0.25, -0.2) is 0 Å². The molecule has 0 radical (unpaired) electrons. The van der Waals surface area contributed by atoms with Gasteiger partial charge in [-0.1, -0.05) is 73.7 Å². The lowest BCUT2D eigenvalue weighted by Gasteiger charge is -2.34. The van der Waals surface area contributed by atoms with Crippen LogP contribution in [0.5, 0.6) is 0 Å². The van der Waals surface area contributed by atoms with Gasteiger partial charge in [-0.15, -0.1) is 0 Å². The van der Waals surface area contributed by atoms with Gasteiger partial charge in [-0.05, 0) is 79.3 Å². The Bertz CT molecular complexity index is 1420. The minimum atomic E-state index is -0.0494. The SMILES string of the molecule is CC1CC(c2ccc3c(c2)C2(C)C=CC=CC2N3c2ccccc2)=CC2=C1NC1=CC=CCC12C. The van der Waals surface area contributed by atoms with Crippen molar-refractivity contribution in [3.63, 3.8) is 0 Å². The fraction of sp³-hybridized carbons (Fsp3) is 0.273. The molecule has 174 valence electrons. The first-order valence-electron chi connectivity index (χ1n) is 12.9. The summed E-state index contributed by atoms with van der Waals surface area (Å²) in [4.78, 5) is 2.52. The quantitative estimate of drug-likeness (QED) is 0.497. The van der Waals surface area contributed by atoms with Gasteiger partial charge >= 0.3 is 0 Å². The van der Waals surface area contributed by atoms with Crippen molar-refractivity contribution >= 4 is 16.9 Å². The highest BCUT2D eigenvalue weighted by Crippen LogP contribution is 2.54. The monoisotopic (exact) mass is 456 g/mol. The van der Waals surface area contributed by atoms with Crippen LogP contribution in [0.15, 0.2) is 114 Å². The molecule has 0 amide bonds. The predicted molar refractivity (Wildman–Crippen MR) is 146 cm³/mol. The van der Waals surface area contributed by atoms with E-state index in [1.807, 2.05) is 0 Å². The lowest BCUT2D eigenvalue weighted by molar-refractivity contribution is 0.497. The number of nitrogens with zero attached hydrogens (tertiary/aromatic N) is 1. The Morgan fingerprint density at radius 2 is 1.86 bits per heavy atom. The van der Waals surface area contributed by atoms with Gasteiger partial charge in [-0.3, -0.25) is 0 Å². The molecule has 2 heterocycles. The van der Waals surface area contributed by atoms with E-state index in [1.54, 1.807) is 0 Å². The molecule has 3 aliphatic carbocycles. The molecule has 4 unspecified atom stereocenters. The Morgan fingerprint density at radius 3 is 2.71 bits per heavy atom. The predicted octanol–water partition coefficient (Wildman–Crippen LogP) is 7.72. The fourth-order valence-corrected chi connectivity index (χ4v) is 6.94. The summed E-state index contributed by atoms with van der Waals surface area (Å²) in [5, 5.41) is 3.79. The Kier molecular flexibility index (Phi) is 4.31. The third-order valence-corrected chi connectivity index (χ3v) is 8.99. The summed E-state index contributed by atoms with van der Waals surface area (Å²) in [7, 11) is 0. The van der Waals surface area contributed by atoms with Gasteiger partial charge in [0.2, 0.25) is 0 Å². The van der Waals surface area contributed by atoms with E-state index < -0.39 is 0 Å². The van der Waals surface area contributed by atoms with E-state index in [-0.39, 0.29) is 16.9 Å². The van der Waals surface area contributed by atoms with Gasteiger partial charge in [0.1, 0.15) is 0 Å². The van der Waals surface area contributed by atoms with Crippen molar-refractivity contribution in [3.05, 3.63) is 125 Å². The second-order valence-corrected chi connectivity index (χ2v) is 11.2. The average molecular weight is 457 g/mol. The van der Waals surface area contributed by atoms with Gasteiger partial charge in [-0.2, -0.15) is 0 Å². The summed E-state index contributed by atoms with van der Waals surface area (Å²) in [6.07, 6.45) is 20.6. The number of anilines is 2. The van der Waals surface area contributed by atoms with Gasteiger partial charge in [0.15, 0.2) is 0 Å². The standard InChI is InChI=1S/C33H32N2/c1-22-19-24(21-27-31(22)34-29-13-7-9-17-32(27,29)2)23-15-16-28-26(20-23)33(3)18-10-8-14-30(33)35(28)25-11-5-4-6-12-25/h4-16,18,20-22,30,34H,17,19H2,1-3H3. The van der Waals surface area contributed by atoms with Crippen LogP contribution >= 0.6 is 0 Å². The Hall–Kier alpha value is -3.52. The van der Waals surface area contributed by atoms with Crippen molar-refractivity contribution in [1.82, 2.24) is 5.32 Å². The van der Waals surface area contributed by atoms with Crippen molar-refractivity contribution in [2.24, 2.45) is 11.3 Å². The fourth-order valence-electron chi connectivity index (χ4n) is 6.94. The first-order valence-corrected chi connectivity index (χ1v) is 12.9. The van der Waals surface area contributed by atoms with Crippen molar-refractivity contribution < 1.29 is 0 Å². The van der Waals surface area contributed by atoms with Crippen molar-refractivity contribution in [2.45, 2.75) is 45.1 Å². The van der Waals surface area contributed by atoms with Crippen LogP contribution in [-0.2, 0) is 5.41 Å². The maximum Gasteiger partial charge on any atom is 0.0655 e. The molecule has 0 bridgehead atoms. The molecule has 1 N–H and O–H groups in total. The molecule has 2 aromatic rings. The van der Waals surface area contributed by atoms with E-state index in [4.69, 9.17) is 0 Å².